The Morgan fingerprint density at radius 1 is 1.14 bits per heavy atom. The van der Waals surface area contributed by atoms with E-state index in [0.29, 0.717) is 18.7 Å². The van der Waals surface area contributed by atoms with Crippen molar-refractivity contribution < 1.29 is 4.79 Å². The smallest absolute Gasteiger partial charge is 0.229 e. The number of hydrogen-bond donors (Lipinski definition) is 0. The molecule has 1 fully saturated rings. The summed E-state index contributed by atoms with van der Waals surface area (Å²) in [5.41, 5.74) is 4.06. The molecule has 2 heterocycles. The van der Waals surface area contributed by atoms with Crippen LogP contribution in [-0.4, -0.2) is 29.6 Å². The lowest BCUT2D eigenvalue weighted by Gasteiger charge is -2.42. The zero-order valence-corrected chi connectivity index (χ0v) is 17.5. The van der Waals surface area contributed by atoms with Gasteiger partial charge < -0.3 is 4.90 Å². The Morgan fingerprint density at radius 2 is 1.86 bits per heavy atom. The number of carbonyl (C=O) groups is 1. The van der Waals surface area contributed by atoms with Crippen LogP contribution in [0.15, 0.2) is 64.0 Å². The predicted molar refractivity (Wildman–Crippen MR) is 116 cm³/mol. The van der Waals surface area contributed by atoms with Gasteiger partial charge in [0.25, 0.3) is 0 Å². The molecule has 142 valence electrons. The Morgan fingerprint density at radius 3 is 2.50 bits per heavy atom. The largest absolute Gasteiger partial charge is 0.344 e. The van der Waals surface area contributed by atoms with Crippen LogP contribution in [0.2, 0.25) is 0 Å². The van der Waals surface area contributed by atoms with Crippen LogP contribution in [0.5, 0.6) is 0 Å². The molecule has 2 aromatic carbocycles. The van der Waals surface area contributed by atoms with Gasteiger partial charge in [0.2, 0.25) is 5.91 Å². The highest BCUT2D eigenvalue weighted by atomic mass is 32.2. The molecule has 0 radical (unpaired) electrons. The lowest BCUT2D eigenvalue weighted by atomic mass is 9.86. The SMILES string of the molecule is CSc1ccc([C@H]2CC(=O)N3CN(c4ccc(C)cc4)CSC3=C2C#N)cc1. The van der Waals surface area contributed by atoms with Gasteiger partial charge in [-0.3, -0.25) is 9.69 Å². The van der Waals surface area contributed by atoms with E-state index in [1.165, 1.54) is 10.5 Å². The Hall–Kier alpha value is -2.36. The molecule has 0 N–H and O–H groups in total. The van der Waals surface area contributed by atoms with E-state index in [4.69, 9.17) is 0 Å². The minimum absolute atomic E-state index is 0.0808. The molecule has 2 aliphatic rings. The Labute approximate surface area is 174 Å². The van der Waals surface area contributed by atoms with Crippen molar-refractivity contribution in [2.45, 2.75) is 24.2 Å². The van der Waals surface area contributed by atoms with Crippen molar-refractivity contribution in [2.75, 3.05) is 23.7 Å². The first-order valence-corrected chi connectivity index (χ1v) is 11.3. The number of hydrogen-bond acceptors (Lipinski definition) is 5. The fraction of sp³-hybridized carbons (Fsp3) is 0.273. The second-order valence-electron chi connectivity index (χ2n) is 6.97. The highest BCUT2D eigenvalue weighted by Crippen LogP contribution is 2.43. The molecular formula is C22H21N3OS2. The first-order chi connectivity index (χ1) is 13.6. The quantitative estimate of drug-likeness (QED) is 0.675. The van der Waals surface area contributed by atoms with Gasteiger partial charge in [0, 0.05) is 22.9 Å². The molecule has 0 saturated carbocycles. The number of aryl methyl sites for hydroxylation is 1. The summed E-state index contributed by atoms with van der Waals surface area (Å²) in [7, 11) is 0. The van der Waals surface area contributed by atoms with Gasteiger partial charge in [-0.25, -0.2) is 0 Å². The molecule has 2 aliphatic heterocycles. The van der Waals surface area contributed by atoms with E-state index in [9.17, 15) is 10.1 Å². The van der Waals surface area contributed by atoms with Crippen LogP contribution >= 0.6 is 23.5 Å². The molecule has 1 atom stereocenters. The first-order valence-electron chi connectivity index (χ1n) is 9.13. The van der Waals surface area contributed by atoms with Crippen LogP contribution < -0.4 is 4.90 Å². The van der Waals surface area contributed by atoms with Crippen molar-refractivity contribution >= 4 is 35.1 Å². The number of nitriles is 1. The normalized spacial score (nSPS) is 19.5. The molecule has 4 nitrogen and oxygen atoms in total. The second-order valence-corrected chi connectivity index (χ2v) is 8.79. The van der Waals surface area contributed by atoms with Crippen molar-refractivity contribution in [3.63, 3.8) is 0 Å². The molecule has 0 aromatic heterocycles. The maximum atomic E-state index is 13.0. The van der Waals surface area contributed by atoms with Crippen molar-refractivity contribution in [1.29, 1.82) is 5.26 Å². The molecule has 2 aromatic rings. The molecule has 0 bridgehead atoms. The van der Waals surface area contributed by atoms with Gasteiger partial charge in [-0.15, -0.1) is 11.8 Å². The zero-order chi connectivity index (χ0) is 19.7. The zero-order valence-electron chi connectivity index (χ0n) is 15.9. The van der Waals surface area contributed by atoms with E-state index in [-0.39, 0.29) is 11.8 Å². The van der Waals surface area contributed by atoms with E-state index in [1.54, 1.807) is 28.4 Å². The van der Waals surface area contributed by atoms with E-state index in [0.717, 1.165) is 22.2 Å². The van der Waals surface area contributed by atoms with Crippen LogP contribution in [0.25, 0.3) is 0 Å². The standard InChI is InChI=1S/C22H21N3OS2/c1-15-3-7-17(8-4-15)24-13-25-21(26)11-19(20(12-23)22(25)28-14-24)16-5-9-18(27-2)10-6-16/h3-10,19H,11,13-14H2,1-2H3/t19-/m1/s1. The van der Waals surface area contributed by atoms with Crippen molar-refractivity contribution in [3.05, 3.63) is 70.3 Å². The number of thioether (sulfide) groups is 2. The molecule has 6 heteroatoms. The molecule has 0 aliphatic carbocycles. The highest BCUT2D eigenvalue weighted by molar-refractivity contribution is 8.03. The number of allylic oxidation sites excluding steroid dienone is 1. The maximum Gasteiger partial charge on any atom is 0.229 e. The summed E-state index contributed by atoms with van der Waals surface area (Å²) in [5, 5.41) is 10.7. The Kier molecular flexibility index (Phi) is 5.38. The van der Waals surface area contributed by atoms with Crippen molar-refractivity contribution in [3.8, 4) is 6.07 Å². The molecule has 4 rings (SSSR count). The minimum Gasteiger partial charge on any atom is -0.344 e. The maximum absolute atomic E-state index is 13.0. The van der Waals surface area contributed by atoms with Crippen molar-refractivity contribution in [1.82, 2.24) is 4.90 Å². The van der Waals surface area contributed by atoms with Crippen LogP contribution in [0.4, 0.5) is 5.69 Å². The highest BCUT2D eigenvalue weighted by Gasteiger charge is 2.38. The number of fused-ring (bicyclic) bond motifs is 1. The number of carbonyl (C=O) groups excluding carboxylic acids is 1. The summed E-state index contributed by atoms with van der Waals surface area (Å²) in [6.45, 7) is 2.56. The first kappa shape index (κ1) is 19.0. The average Bonchev–Trinajstić information content (AvgIpc) is 2.74. The summed E-state index contributed by atoms with van der Waals surface area (Å²) in [6.07, 6.45) is 2.38. The molecule has 28 heavy (non-hydrogen) atoms. The van der Waals surface area contributed by atoms with Gasteiger partial charge in [0.1, 0.15) is 0 Å². The van der Waals surface area contributed by atoms with Crippen LogP contribution in [0.3, 0.4) is 0 Å². The number of anilines is 1. The van der Waals surface area contributed by atoms with Gasteiger partial charge in [0.05, 0.1) is 29.2 Å². The monoisotopic (exact) mass is 407 g/mol. The molecule has 0 unspecified atom stereocenters. The lowest BCUT2D eigenvalue weighted by Crippen LogP contribution is -2.47. The predicted octanol–water partition coefficient (Wildman–Crippen LogP) is 4.94. The van der Waals surface area contributed by atoms with E-state index in [2.05, 4.69) is 54.3 Å². The van der Waals surface area contributed by atoms with Crippen LogP contribution in [0.1, 0.15) is 23.5 Å². The third-order valence-corrected chi connectivity index (χ3v) is 7.11. The third-order valence-electron chi connectivity index (χ3n) is 5.21. The minimum atomic E-state index is -0.155. The third kappa shape index (κ3) is 3.52. The lowest BCUT2D eigenvalue weighted by molar-refractivity contribution is -0.129. The molecule has 0 spiro atoms. The molecule has 1 amide bonds. The number of nitrogens with zero attached hydrogens (tertiary/aromatic N) is 3. The fourth-order valence-corrected chi connectivity index (χ4v) is 5.18. The number of rotatable bonds is 3. The second kappa shape index (κ2) is 7.94. The van der Waals surface area contributed by atoms with Gasteiger partial charge >= 0.3 is 0 Å². The number of amides is 1. The van der Waals surface area contributed by atoms with Crippen molar-refractivity contribution in [2.24, 2.45) is 0 Å². The van der Waals surface area contributed by atoms with Crippen LogP contribution in [-0.2, 0) is 4.79 Å². The molecular weight excluding hydrogens is 386 g/mol. The van der Waals surface area contributed by atoms with E-state index < -0.39 is 0 Å². The Balaban J connectivity index is 1.63. The Bertz CT molecular complexity index is 961. The molecule has 1 saturated heterocycles. The summed E-state index contributed by atoms with van der Waals surface area (Å²) < 4.78 is 0. The number of benzene rings is 2. The summed E-state index contributed by atoms with van der Waals surface area (Å²) in [6, 6.07) is 18.9. The average molecular weight is 408 g/mol. The van der Waals surface area contributed by atoms with E-state index in [1.807, 2.05) is 18.4 Å². The fourth-order valence-electron chi connectivity index (χ4n) is 3.60. The van der Waals surface area contributed by atoms with Gasteiger partial charge in [0.15, 0.2) is 0 Å². The van der Waals surface area contributed by atoms with Gasteiger partial charge in [-0.1, -0.05) is 41.6 Å². The summed E-state index contributed by atoms with van der Waals surface area (Å²) >= 11 is 3.27. The topological polar surface area (TPSA) is 47.3 Å². The van der Waals surface area contributed by atoms with Crippen LogP contribution in [0, 0.1) is 18.3 Å². The summed E-state index contributed by atoms with van der Waals surface area (Å²) in [5.74, 6) is 0.654. The van der Waals surface area contributed by atoms with E-state index >= 15 is 0 Å². The van der Waals surface area contributed by atoms with Gasteiger partial charge in [-0.2, -0.15) is 5.26 Å². The summed E-state index contributed by atoms with van der Waals surface area (Å²) in [4.78, 5) is 18.1. The van der Waals surface area contributed by atoms with Gasteiger partial charge in [-0.05, 0) is 43.0 Å².